The number of nitrogens with zero attached hydrogens (tertiary/aromatic N) is 3. The number of hydrazine groups is 1. The van der Waals surface area contributed by atoms with E-state index in [1.54, 1.807) is 11.2 Å². The Morgan fingerprint density at radius 1 is 1.48 bits per heavy atom. The summed E-state index contributed by atoms with van der Waals surface area (Å²) in [4.78, 5) is 20.4. The molecular formula is C15H22BrClN4O2. The van der Waals surface area contributed by atoms with Crippen molar-refractivity contribution in [3.05, 3.63) is 16.0 Å². The molecule has 23 heavy (non-hydrogen) atoms. The maximum atomic E-state index is 12.2. The molecule has 0 aliphatic heterocycles. The number of amides is 1. The maximum Gasteiger partial charge on any atom is 0.426 e. The molecular weight excluding hydrogens is 384 g/mol. The van der Waals surface area contributed by atoms with Gasteiger partial charge in [-0.1, -0.05) is 13.3 Å². The average molecular weight is 406 g/mol. The number of hydrogen-bond acceptors (Lipinski definition) is 5. The fourth-order valence-corrected chi connectivity index (χ4v) is 3.22. The van der Waals surface area contributed by atoms with Crippen LogP contribution in [0.1, 0.15) is 47.0 Å². The Morgan fingerprint density at radius 2 is 2.17 bits per heavy atom. The lowest BCUT2D eigenvalue weighted by Gasteiger charge is -2.34. The summed E-state index contributed by atoms with van der Waals surface area (Å²) in [6.45, 7) is 7.64. The van der Waals surface area contributed by atoms with Gasteiger partial charge in [-0.2, -0.15) is 4.98 Å². The molecule has 8 heteroatoms. The van der Waals surface area contributed by atoms with Gasteiger partial charge >= 0.3 is 6.09 Å². The third-order valence-electron chi connectivity index (χ3n) is 3.68. The van der Waals surface area contributed by atoms with Crippen LogP contribution in [0.5, 0.6) is 0 Å². The van der Waals surface area contributed by atoms with Crippen LogP contribution < -0.4 is 10.4 Å². The first-order chi connectivity index (χ1) is 10.7. The van der Waals surface area contributed by atoms with E-state index in [1.807, 2.05) is 20.8 Å². The smallest absolute Gasteiger partial charge is 0.426 e. The molecule has 2 rings (SSSR count). The number of carbonyl (C=O) groups excluding carboxylic acids is 1. The van der Waals surface area contributed by atoms with Gasteiger partial charge in [-0.3, -0.25) is 5.01 Å². The highest BCUT2D eigenvalue weighted by atomic mass is 79.9. The first-order valence-corrected chi connectivity index (χ1v) is 8.81. The van der Waals surface area contributed by atoms with Crippen LogP contribution in [-0.2, 0) is 4.74 Å². The lowest BCUT2D eigenvalue weighted by Crippen LogP contribution is -2.51. The first kappa shape index (κ1) is 18.3. The van der Waals surface area contributed by atoms with Crippen molar-refractivity contribution in [2.24, 2.45) is 5.92 Å². The lowest BCUT2D eigenvalue weighted by atomic mass is 10.1. The number of carbonyl (C=O) groups is 1. The van der Waals surface area contributed by atoms with E-state index in [2.05, 4.69) is 38.2 Å². The largest absolute Gasteiger partial charge is 0.443 e. The molecule has 0 aromatic carbocycles. The van der Waals surface area contributed by atoms with Crippen LogP contribution in [0.4, 0.5) is 10.6 Å². The molecule has 2 atom stereocenters. The number of halogens is 2. The standard InChI is InChI=1S/C15H22BrClN4O2/c1-9-6-5-7-11(9)21(20-14(22)23-15(2,3)4)12-10(16)8-18-13(17)19-12/h8-9,11H,5-7H2,1-4H3,(H,20,22)/t9-,11+/m0/s1. The summed E-state index contributed by atoms with van der Waals surface area (Å²) >= 11 is 9.37. The zero-order valence-corrected chi connectivity index (χ0v) is 16.1. The van der Waals surface area contributed by atoms with E-state index in [9.17, 15) is 4.79 Å². The molecule has 128 valence electrons. The zero-order chi connectivity index (χ0) is 17.2. The van der Waals surface area contributed by atoms with Gasteiger partial charge in [0.1, 0.15) is 5.60 Å². The maximum absolute atomic E-state index is 12.2. The van der Waals surface area contributed by atoms with Gasteiger partial charge in [-0.15, -0.1) is 0 Å². The van der Waals surface area contributed by atoms with Crippen LogP contribution in [-0.4, -0.2) is 27.7 Å². The van der Waals surface area contributed by atoms with Crippen molar-refractivity contribution in [1.82, 2.24) is 15.4 Å². The first-order valence-electron chi connectivity index (χ1n) is 7.64. The summed E-state index contributed by atoms with van der Waals surface area (Å²) in [7, 11) is 0. The van der Waals surface area contributed by atoms with Crippen LogP contribution in [0, 0.1) is 5.92 Å². The van der Waals surface area contributed by atoms with E-state index >= 15 is 0 Å². The van der Waals surface area contributed by atoms with Gasteiger partial charge in [0, 0.05) is 6.20 Å². The van der Waals surface area contributed by atoms with E-state index in [-0.39, 0.29) is 11.3 Å². The molecule has 1 heterocycles. The molecule has 0 spiro atoms. The highest BCUT2D eigenvalue weighted by Crippen LogP contribution is 2.34. The van der Waals surface area contributed by atoms with Gasteiger partial charge in [0.05, 0.1) is 10.5 Å². The summed E-state index contributed by atoms with van der Waals surface area (Å²) in [5.41, 5.74) is 2.25. The third-order valence-corrected chi connectivity index (χ3v) is 4.42. The van der Waals surface area contributed by atoms with Crippen LogP contribution in [0.15, 0.2) is 10.7 Å². The van der Waals surface area contributed by atoms with Crippen LogP contribution in [0.2, 0.25) is 5.28 Å². The van der Waals surface area contributed by atoms with Gasteiger partial charge in [0.15, 0.2) is 5.82 Å². The van der Waals surface area contributed by atoms with E-state index in [4.69, 9.17) is 16.3 Å². The minimum absolute atomic E-state index is 0.129. The van der Waals surface area contributed by atoms with Crippen LogP contribution in [0.25, 0.3) is 0 Å². The minimum atomic E-state index is -0.572. The summed E-state index contributed by atoms with van der Waals surface area (Å²) in [6.07, 6.45) is 4.24. The molecule has 1 aromatic rings. The van der Waals surface area contributed by atoms with Gasteiger partial charge in [0.25, 0.3) is 0 Å². The summed E-state index contributed by atoms with van der Waals surface area (Å²) in [5, 5.41) is 1.88. The molecule has 1 fully saturated rings. The van der Waals surface area contributed by atoms with Gasteiger partial charge in [-0.05, 0) is 67.1 Å². The molecule has 1 saturated carbocycles. The molecule has 1 N–H and O–H groups in total. The Bertz CT molecular complexity index is 579. The quantitative estimate of drug-likeness (QED) is 0.599. The minimum Gasteiger partial charge on any atom is -0.443 e. The molecule has 1 aliphatic rings. The SMILES string of the molecule is C[C@H]1CCC[C@H]1N(NC(=O)OC(C)(C)C)c1nc(Cl)ncc1Br. The van der Waals surface area contributed by atoms with E-state index in [0.29, 0.717) is 16.2 Å². The molecule has 0 saturated heterocycles. The van der Waals surface area contributed by atoms with Crippen molar-refractivity contribution in [3.63, 3.8) is 0 Å². The second-order valence-corrected chi connectivity index (χ2v) is 7.96. The molecule has 0 bridgehead atoms. The van der Waals surface area contributed by atoms with Crippen molar-refractivity contribution in [2.45, 2.75) is 58.6 Å². The van der Waals surface area contributed by atoms with Crippen molar-refractivity contribution in [1.29, 1.82) is 0 Å². The number of hydrogen-bond donors (Lipinski definition) is 1. The monoisotopic (exact) mass is 404 g/mol. The summed E-state index contributed by atoms with van der Waals surface area (Å²) in [6, 6.07) is 0.129. The van der Waals surface area contributed by atoms with Crippen molar-refractivity contribution in [3.8, 4) is 0 Å². The predicted molar refractivity (Wildman–Crippen MR) is 93.4 cm³/mol. The Kier molecular flexibility index (Phi) is 5.73. The van der Waals surface area contributed by atoms with Crippen LogP contribution >= 0.6 is 27.5 Å². The normalized spacial score (nSPS) is 21.1. The average Bonchev–Trinajstić information content (AvgIpc) is 2.83. The fraction of sp³-hybridized carbons (Fsp3) is 0.667. The number of aromatic nitrogens is 2. The predicted octanol–water partition coefficient (Wildman–Crippen LogP) is 4.33. The summed E-state index contributed by atoms with van der Waals surface area (Å²) in [5.74, 6) is 0.959. The third kappa shape index (κ3) is 4.94. The molecule has 1 aromatic heterocycles. The van der Waals surface area contributed by atoms with Crippen molar-refractivity contribution in [2.75, 3.05) is 5.01 Å². The summed E-state index contributed by atoms with van der Waals surface area (Å²) < 4.78 is 6.04. The molecule has 1 amide bonds. The van der Waals surface area contributed by atoms with Gasteiger partial charge < -0.3 is 4.74 Å². The number of rotatable bonds is 3. The molecule has 0 radical (unpaired) electrons. The fourth-order valence-electron chi connectivity index (χ4n) is 2.71. The highest BCUT2D eigenvalue weighted by Gasteiger charge is 2.33. The number of anilines is 1. The second-order valence-electron chi connectivity index (χ2n) is 6.77. The Morgan fingerprint density at radius 3 is 2.74 bits per heavy atom. The van der Waals surface area contributed by atoms with E-state index in [0.717, 1.165) is 19.3 Å². The van der Waals surface area contributed by atoms with Crippen LogP contribution in [0.3, 0.4) is 0 Å². The van der Waals surface area contributed by atoms with Crippen molar-refractivity contribution >= 4 is 39.4 Å². The molecule has 1 aliphatic carbocycles. The van der Waals surface area contributed by atoms with Gasteiger partial charge in [-0.25, -0.2) is 15.2 Å². The van der Waals surface area contributed by atoms with E-state index in [1.165, 1.54) is 0 Å². The Labute approximate surface area is 150 Å². The van der Waals surface area contributed by atoms with Crippen molar-refractivity contribution < 1.29 is 9.53 Å². The second kappa shape index (κ2) is 7.21. The number of nitrogens with one attached hydrogen (secondary N) is 1. The topological polar surface area (TPSA) is 67.4 Å². The van der Waals surface area contributed by atoms with E-state index < -0.39 is 11.7 Å². The zero-order valence-electron chi connectivity index (χ0n) is 13.8. The van der Waals surface area contributed by atoms with Gasteiger partial charge in [0.2, 0.25) is 5.28 Å². The number of ether oxygens (including phenoxy) is 1. The molecule has 0 unspecified atom stereocenters. The lowest BCUT2D eigenvalue weighted by molar-refractivity contribution is 0.0512. The Hall–Kier alpha value is -1.08. The highest BCUT2D eigenvalue weighted by molar-refractivity contribution is 9.10. The Balaban J connectivity index is 2.28. The molecule has 6 nitrogen and oxygen atoms in total.